The van der Waals surface area contributed by atoms with Gasteiger partial charge in [0.2, 0.25) is 0 Å². The molecule has 0 amide bonds. The first-order valence-electron chi connectivity index (χ1n) is 5.71. The van der Waals surface area contributed by atoms with Crippen molar-refractivity contribution in [3.63, 3.8) is 0 Å². The van der Waals surface area contributed by atoms with Crippen LogP contribution in [0.1, 0.15) is 23.7 Å². The van der Waals surface area contributed by atoms with Crippen molar-refractivity contribution in [1.29, 1.82) is 0 Å². The molecule has 0 fully saturated rings. The molecule has 0 aliphatic carbocycles. The predicted molar refractivity (Wildman–Crippen MR) is 76.5 cm³/mol. The molecule has 0 saturated heterocycles. The molecule has 1 aromatic heterocycles. The van der Waals surface area contributed by atoms with E-state index in [0.717, 1.165) is 12.2 Å². The number of rotatable bonds is 6. The van der Waals surface area contributed by atoms with E-state index in [1.54, 1.807) is 11.8 Å². The lowest BCUT2D eigenvalue weighted by Gasteiger charge is -2.28. The van der Waals surface area contributed by atoms with Crippen LogP contribution in [0.3, 0.4) is 0 Å². The normalized spacial score (nSPS) is 12.2. The fourth-order valence-corrected chi connectivity index (χ4v) is 2.56. The summed E-state index contributed by atoms with van der Waals surface area (Å²) in [5.74, 6) is 0.589. The SMILES string of the molecule is CCC(CSC)N(C)c1cc(C(=O)O)c(N)cn1. The number of thioether (sulfide) groups is 1. The van der Waals surface area contributed by atoms with Crippen LogP contribution in [0.25, 0.3) is 0 Å². The van der Waals surface area contributed by atoms with Crippen molar-refractivity contribution in [3.05, 3.63) is 17.8 Å². The lowest BCUT2D eigenvalue weighted by molar-refractivity contribution is 0.0698. The molecular formula is C12H19N3O2S. The molecule has 100 valence electrons. The van der Waals surface area contributed by atoms with Crippen LogP contribution in [0.2, 0.25) is 0 Å². The largest absolute Gasteiger partial charge is 0.478 e. The van der Waals surface area contributed by atoms with Gasteiger partial charge in [0.25, 0.3) is 0 Å². The summed E-state index contributed by atoms with van der Waals surface area (Å²) >= 11 is 1.76. The van der Waals surface area contributed by atoms with Crippen LogP contribution < -0.4 is 10.6 Å². The van der Waals surface area contributed by atoms with Crippen LogP contribution in [-0.4, -0.2) is 41.2 Å². The van der Waals surface area contributed by atoms with E-state index in [0.29, 0.717) is 11.9 Å². The van der Waals surface area contributed by atoms with Gasteiger partial charge in [0.05, 0.1) is 17.4 Å². The molecular weight excluding hydrogens is 250 g/mol. The summed E-state index contributed by atoms with van der Waals surface area (Å²) in [5.41, 5.74) is 5.89. The number of carboxylic acid groups (broad SMARTS) is 1. The van der Waals surface area contributed by atoms with E-state index in [4.69, 9.17) is 10.8 Å². The zero-order valence-electron chi connectivity index (χ0n) is 10.9. The molecule has 1 aromatic rings. The number of carboxylic acids is 1. The summed E-state index contributed by atoms with van der Waals surface area (Å²) < 4.78 is 0. The maximum atomic E-state index is 11.0. The summed E-state index contributed by atoms with van der Waals surface area (Å²) in [6, 6.07) is 1.86. The predicted octanol–water partition coefficient (Wildman–Crippen LogP) is 1.94. The first-order chi connectivity index (χ1) is 8.51. The molecule has 0 radical (unpaired) electrons. The third kappa shape index (κ3) is 3.29. The zero-order valence-corrected chi connectivity index (χ0v) is 11.7. The monoisotopic (exact) mass is 269 g/mol. The van der Waals surface area contributed by atoms with E-state index >= 15 is 0 Å². The van der Waals surface area contributed by atoms with Crippen LogP contribution in [0, 0.1) is 0 Å². The van der Waals surface area contributed by atoms with Gasteiger partial charge in [-0.2, -0.15) is 11.8 Å². The highest BCUT2D eigenvalue weighted by Gasteiger charge is 2.17. The number of pyridine rings is 1. The summed E-state index contributed by atoms with van der Waals surface area (Å²) in [6.07, 6.45) is 4.43. The molecule has 1 atom stereocenters. The molecule has 1 unspecified atom stereocenters. The highest BCUT2D eigenvalue weighted by molar-refractivity contribution is 7.98. The fraction of sp³-hybridized carbons (Fsp3) is 0.500. The van der Waals surface area contributed by atoms with Gasteiger partial charge in [0, 0.05) is 18.8 Å². The Balaban J connectivity index is 3.02. The van der Waals surface area contributed by atoms with E-state index in [-0.39, 0.29) is 11.3 Å². The molecule has 1 rings (SSSR count). The minimum Gasteiger partial charge on any atom is -0.478 e. The molecule has 0 saturated carbocycles. The number of hydrogen-bond donors (Lipinski definition) is 2. The fourth-order valence-electron chi connectivity index (χ4n) is 1.72. The summed E-state index contributed by atoms with van der Waals surface area (Å²) in [6.45, 7) is 2.10. The van der Waals surface area contributed by atoms with Gasteiger partial charge < -0.3 is 15.7 Å². The molecule has 0 aromatic carbocycles. The highest BCUT2D eigenvalue weighted by Crippen LogP contribution is 2.21. The number of aromatic nitrogens is 1. The van der Waals surface area contributed by atoms with Crippen molar-refractivity contribution in [3.8, 4) is 0 Å². The van der Waals surface area contributed by atoms with E-state index in [2.05, 4.69) is 18.2 Å². The van der Waals surface area contributed by atoms with Crippen molar-refractivity contribution in [2.75, 3.05) is 29.7 Å². The number of nitrogens with two attached hydrogens (primary N) is 1. The van der Waals surface area contributed by atoms with Gasteiger partial charge in [-0.05, 0) is 18.7 Å². The lowest BCUT2D eigenvalue weighted by Crippen LogP contribution is -2.33. The van der Waals surface area contributed by atoms with Gasteiger partial charge >= 0.3 is 5.97 Å². The quantitative estimate of drug-likeness (QED) is 0.821. The van der Waals surface area contributed by atoms with Crippen LogP contribution >= 0.6 is 11.8 Å². The molecule has 5 nitrogen and oxygen atoms in total. The second-order valence-corrected chi connectivity index (χ2v) is 4.97. The van der Waals surface area contributed by atoms with E-state index in [1.165, 1.54) is 12.3 Å². The Hall–Kier alpha value is -1.43. The topological polar surface area (TPSA) is 79.5 Å². The number of carbonyl (C=O) groups is 1. The van der Waals surface area contributed by atoms with Gasteiger partial charge in [0.1, 0.15) is 5.82 Å². The van der Waals surface area contributed by atoms with Crippen molar-refractivity contribution in [1.82, 2.24) is 4.98 Å². The van der Waals surface area contributed by atoms with E-state index in [1.807, 2.05) is 11.9 Å². The van der Waals surface area contributed by atoms with E-state index < -0.39 is 5.97 Å². The van der Waals surface area contributed by atoms with Crippen molar-refractivity contribution >= 4 is 29.2 Å². The first kappa shape index (κ1) is 14.6. The Morgan fingerprint density at radius 3 is 2.83 bits per heavy atom. The highest BCUT2D eigenvalue weighted by atomic mass is 32.2. The standard InChI is InChI=1S/C12H19N3O2S/c1-4-8(7-18-3)15(2)11-5-9(12(16)17)10(13)6-14-11/h5-6,8H,4,7,13H2,1-3H3,(H,16,17). The Kier molecular flexibility index (Phi) is 5.27. The number of anilines is 2. The Labute approximate surface area is 111 Å². The van der Waals surface area contributed by atoms with Crippen LogP contribution in [0.4, 0.5) is 11.5 Å². The molecule has 3 N–H and O–H groups in total. The second kappa shape index (κ2) is 6.49. The zero-order chi connectivity index (χ0) is 13.7. The third-order valence-corrected chi connectivity index (χ3v) is 3.61. The van der Waals surface area contributed by atoms with Gasteiger partial charge in [-0.1, -0.05) is 6.92 Å². The number of hydrogen-bond acceptors (Lipinski definition) is 5. The lowest BCUT2D eigenvalue weighted by atomic mass is 10.2. The minimum atomic E-state index is -1.03. The first-order valence-corrected chi connectivity index (χ1v) is 7.11. The summed E-state index contributed by atoms with van der Waals surface area (Å²) in [7, 11) is 1.93. The van der Waals surface area contributed by atoms with Crippen molar-refractivity contribution in [2.24, 2.45) is 0 Å². The maximum Gasteiger partial charge on any atom is 0.337 e. The molecule has 1 heterocycles. The number of nitrogen functional groups attached to an aromatic ring is 1. The maximum absolute atomic E-state index is 11.0. The molecule has 0 aliphatic heterocycles. The minimum absolute atomic E-state index is 0.103. The molecule has 0 aliphatic rings. The van der Waals surface area contributed by atoms with Gasteiger partial charge in [-0.25, -0.2) is 9.78 Å². The second-order valence-electron chi connectivity index (χ2n) is 4.06. The average molecular weight is 269 g/mol. The van der Waals surface area contributed by atoms with Gasteiger partial charge in [0.15, 0.2) is 0 Å². The van der Waals surface area contributed by atoms with E-state index in [9.17, 15) is 4.79 Å². The van der Waals surface area contributed by atoms with Gasteiger partial charge in [-0.3, -0.25) is 0 Å². The van der Waals surface area contributed by atoms with Crippen LogP contribution in [-0.2, 0) is 0 Å². The Morgan fingerprint density at radius 2 is 2.33 bits per heavy atom. The molecule has 0 spiro atoms. The summed E-state index contributed by atoms with van der Waals surface area (Å²) in [4.78, 5) is 17.2. The molecule has 0 bridgehead atoms. The Bertz CT molecular complexity index is 426. The van der Waals surface area contributed by atoms with Crippen molar-refractivity contribution < 1.29 is 9.90 Å². The smallest absolute Gasteiger partial charge is 0.337 e. The van der Waals surface area contributed by atoms with Crippen molar-refractivity contribution in [2.45, 2.75) is 19.4 Å². The average Bonchev–Trinajstić information content (AvgIpc) is 2.35. The molecule has 6 heteroatoms. The number of aromatic carboxylic acids is 1. The van der Waals surface area contributed by atoms with Crippen LogP contribution in [0.5, 0.6) is 0 Å². The Morgan fingerprint density at radius 1 is 1.67 bits per heavy atom. The third-order valence-electron chi connectivity index (χ3n) is 2.89. The summed E-state index contributed by atoms with van der Waals surface area (Å²) in [5, 5.41) is 9.04. The van der Waals surface area contributed by atoms with Crippen LogP contribution in [0.15, 0.2) is 12.3 Å². The molecule has 18 heavy (non-hydrogen) atoms. The van der Waals surface area contributed by atoms with Gasteiger partial charge in [-0.15, -0.1) is 0 Å². The number of nitrogens with zero attached hydrogens (tertiary/aromatic N) is 2.